The lowest BCUT2D eigenvalue weighted by Gasteiger charge is -2.14. The van der Waals surface area contributed by atoms with Crippen LogP contribution in [0.2, 0.25) is 0 Å². The monoisotopic (exact) mass is 428 g/mol. The fourth-order valence-corrected chi connectivity index (χ4v) is 3.57. The average Bonchev–Trinajstić information content (AvgIpc) is 2.68. The minimum atomic E-state index is -4.62. The Bertz CT molecular complexity index is 1110. The van der Waals surface area contributed by atoms with Crippen molar-refractivity contribution in [2.45, 2.75) is 22.4 Å². The standard InChI is InChI=1S/C22H15F3N2O2S/c23-22(24,25)16-8-14(10-21(27)28)9-17(12-16)29-20-7-6-19(11-15(20)13-26)30-18-4-2-1-3-5-18/h1-9,11-12H,10H2,(H2,27,28). The second-order valence-electron chi connectivity index (χ2n) is 6.29. The van der Waals surface area contributed by atoms with Crippen LogP contribution in [-0.2, 0) is 17.4 Å². The summed E-state index contributed by atoms with van der Waals surface area (Å²) in [5.41, 5.74) is 4.38. The van der Waals surface area contributed by atoms with Gasteiger partial charge in [0.25, 0.3) is 0 Å². The number of carbonyl (C=O) groups excluding carboxylic acids is 1. The van der Waals surface area contributed by atoms with Gasteiger partial charge in [0.1, 0.15) is 17.6 Å². The zero-order valence-corrected chi connectivity index (χ0v) is 16.3. The van der Waals surface area contributed by atoms with Crippen LogP contribution in [-0.4, -0.2) is 5.91 Å². The highest BCUT2D eigenvalue weighted by atomic mass is 32.2. The summed E-state index contributed by atoms with van der Waals surface area (Å²) in [6, 6.07) is 19.3. The second-order valence-corrected chi connectivity index (χ2v) is 7.44. The third-order valence-corrected chi connectivity index (χ3v) is 4.95. The molecule has 3 aromatic rings. The maximum atomic E-state index is 13.2. The first-order chi connectivity index (χ1) is 14.2. The number of benzene rings is 3. The minimum absolute atomic E-state index is 0.0714. The molecule has 0 saturated carbocycles. The summed E-state index contributed by atoms with van der Waals surface area (Å²) in [5.74, 6) is -0.791. The van der Waals surface area contributed by atoms with Gasteiger partial charge in [-0.25, -0.2) is 0 Å². The van der Waals surface area contributed by atoms with Gasteiger partial charge in [0.15, 0.2) is 0 Å². The molecule has 3 rings (SSSR count). The van der Waals surface area contributed by atoms with Crippen molar-refractivity contribution in [3.05, 3.63) is 83.4 Å². The van der Waals surface area contributed by atoms with Gasteiger partial charge >= 0.3 is 6.18 Å². The van der Waals surface area contributed by atoms with Gasteiger partial charge < -0.3 is 10.5 Å². The third-order valence-electron chi connectivity index (χ3n) is 3.95. The molecule has 30 heavy (non-hydrogen) atoms. The smallest absolute Gasteiger partial charge is 0.416 e. The molecule has 0 aliphatic heterocycles. The number of primary amides is 1. The van der Waals surface area contributed by atoms with Gasteiger partial charge in [-0.1, -0.05) is 30.0 Å². The van der Waals surface area contributed by atoms with Crippen LogP contribution in [0.5, 0.6) is 11.5 Å². The van der Waals surface area contributed by atoms with Crippen LogP contribution in [0.3, 0.4) is 0 Å². The predicted octanol–water partition coefficient (Wildman–Crippen LogP) is 5.55. The average molecular weight is 428 g/mol. The number of rotatable bonds is 6. The molecule has 0 aliphatic carbocycles. The number of hydrogen-bond donors (Lipinski definition) is 1. The van der Waals surface area contributed by atoms with Crippen molar-refractivity contribution in [1.82, 2.24) is 0 Å². The Morgan fingerprint density at radius 3 is 2.40 bits per heavy atom. The lowest BCUT2D eigenvalue weighted by atomic mass is 10.1. The van der Waals surface area contributed by atoms with Crippen LogP contribution in [0.25, 0.3) is 0 Å². The molecule has 152 valence electrons. The van der Waals surface area contributed by atoms with Crippen molar-refractivity contribution in [2.75, 3.05) is 0 Å². The maximum Gasteiger partial charge on any atom is 0.416 e. The summed E-state index contributed by atoms with van der Waals surface area (Å²) in [5, 5.41) is 9.46. The summed E-state index contributed by atoms with van der Waals surface area (Å²) in [6.45, 7) is 0. The zero-order chi connectivity index (χ0) is 21.7. The van der Waals surface area contributed by atoms with E-state index in [-0.39, 0.29) is 29.0 Å². The number of nitrogens with two attached hydrogens (primary N) is 1. The molecular formula is C22H15F3N2O2S. The molecule has 0 heterocycles. The highest BCUT2D eigenvalue weighted by Crippen LogP contribution is 2.36. The molecule has 8 heteroatoms. The lowest BCUT2D eigenvalue weighted by Crippen LogP contribution is -2.14. The summed E-state index contributed by atoms with van der Waals surface area (Å²) < 4.78 is 45.2. The molecule has 3 aromatic carbocycles. The Kier molecular flexibility index (Phi) is 6.33. The Hall–Kier alpha value is -3.44. The number of nitrogens with zero attached hydrogens (tertiary/aromatic N) is 1. The van der Waals surface area contributed by atoms with Gasteiger partial charge in [0, 0.05) is 9.79 Å². The molecule has 0 aromatic heterocycles. The van der Waals surface area contributed by atoms with Gasteiger partial charge in [0.2, 0.25) is 5.91 Å². The van der Waals surface area contributed by atoms with Gasteiger partial charge in [-0.2, -0.15) is 18.4 Å². The highest BCUT2D eigenvalue weighted by molar-refractivity contribution is 7.99. The molecule has 0 spiro atoms. The Balaban J connectivity index is 1.91. The summed E-state index contributed by atoms with van der Waals surface area (Å²) in [6.07, 6.45) is -4.99. The minimum Gasteiger partial charge on any atom is -0.456 e. The van der Waals surface area contributed by atoms with E-state index in [1.54, 1.807) is 12.1 Å². The molecular weight excluding hydrogens is 413 g/mol. The molecule has 0 aliphatic rings. The fraction of sp³-hybridized carbons (Fsp3) is 0.0909. The third kappa shape index (κ3) is 5.55. The van der Waals surface area contributed by atoms with Crippen molar-refractivity contribution < 1.29 is 22.7 Å². The fourth-order valence-electron chi connectivity index (χ4n) is 2.69. The van der Waals surface area contributed by atoms with Crippen molar-refractivity contribution in [1.29, 1.82) is 5.26 Å². The van der Waals surface area contributed by atoms with Crippen LogP contribution >= 0.6 is 11.8 Å². The molecule has 0 radical (unpaired) electrons. The van der Waals surface area contributed by atoms with E-state index in [0.717, 1.165) is 21.9 Å². The van der Waals surface area contributed by atoms with Crippen LogP contribution in [0.4, 0.5) is 13.2 Å². The van der Waals surface area contributed by atoms with E-state index in [1.807, 2.05) is 36.4 Å². The first kappa shape index (κ1) is 21.3. The van der Waals surface area contributed by atoms with Crippen molar-refractivity contribution in [3.8, 4) is 17.6 Å². The number of hydrogen-bond acceptors (Lipinski definition) is 4. The summed E-state index contributed by atoms with van der Waals surface area (Å²) in [7, 11) is 0. The number of carbonyl (C=O) groups is 1. The normalized spacial score (nSPS) is 11.0. The first-order valence-corrected chi connectivity index (χ1v) is 9.50. The predicted molar refractivity (Wildman–Crippen MR) is 106 cm³/mol. The van der Waals surface area contributed by atoms with Gasteiger partial charge in [-0.3, -0.25) is 4.79 Å². The van der Waals surface area contributed by atoms with Crippen molar-refractivity contribution in [2.24, 2.45) is 5.73 Å². The van der Waals surface area contributed by atoms with Crippen LogP contribution in [0, 0.1) is 11.3 Å². The number of halogens is 3. The van der Waals surface area contributed by atoms with E-state index in [4.69, 9.17) is 10.5 Å². The largest absolute Gasteiger partial charge is 0.456 e. The quantitative estimate of drug-likeness (QED) is 0.559. The second kappa shape index (κ2) is 8.93. The maximum absolute atomic E-state index is 13.2. The van der Waals surface area contributed by atoms with Gasteiger partial charge in [-0.15, -0.1) is 0 Å². The molecule has 0 bridgehead atoms. The van der Waals surface area contributed by atoms with E-state index < -0.39 is 17.6 Å². The van der Waals surface area contributed by atoms with Crippen molar-refractivity contribution >= 4 is 17.7 Å². The highest BCUT2D eigenvalue weighted by Gasteiger charge is 2.31. The van der Waals surface area contributed by atoms with Gasteiger partial charge in [-0.05, 0) is 54.1 Å². The molecule has 0 saturated heterocycles. The number of ether oxygens (including phenoxy) is 1. The van der Waals surface area contributed by atoms with Crippen LogP contribution in [0.1, 0.15) is 16.7 Å². The number of amides is 1. The number of nitriles is 1. The van der Waals surface area contributed by atoms with E-state index in [1.165, 1.54) is 23.9 Å². The molecule has 2 N–H and O–H groups in total. The van der Waals surface area contributed by atoms with Crippen LogP contribution in [0.15, 0.2) is 76.5 Å². The Morgan fingerprint density at radius 2 is 1.77 bits per heavy atom. The molecule has 1 amide bonds. The van der Waals surface area contributed by atoms with Gasteiger partial charge in [0.05, 0.1) is 17.5 Å². The van der Waals surface area contributed by atoms with Crippen molar-refractivity contribution in [3.63, 3.8) is 0 Å². The zero-order valence-electron chi connectivity index (χ0n) is 15.4. The van der Waals surface area contributed by atoms with E-state index in [0.29, 0.717) is 0 Å². The molecule has 0 fully saturated rings. The van der Waals surface area contributed by atoms with E-state index >= 15 is 0 Å². The summed E-state index contributed by atoms with van der Waals surface area (Å²) >= 11 is 1.44. The summed E-state index contributed by atoms with van der Waals surface area (Å²) in [4.78, 5) is 12.9. The number of alkyl halides is 3. The van der Waals surface area contributed by atoms with E-state index in [9.17, 15) is 23.2 Å². The molecule has 0 atom stereocenters. The molecule has 0 unspecified atom stereocenters. The lowest BCUT2D eigenvalue weighted by molar-refractivity contribution is -0.137. The first-order valence-electron chi connectivity index (χ1n) is 8.69. The Morgan fingerprint density at radius 1 is 1.03 bits per heavy atom. The molecule has 4 nitrogen and oxygen atoms in total. The topological polar surface area (TPSA) is 76.1 Å². The van der Waals surface area contributed by atoms with E-state index in [2.05, 4.69) is 0 Å². The van der Waals surface area contributed by atoms with Crippen LogP contribution < -0.4 is 10.5 Å². The Labute approximate surface area is 175 Å². The SMILES string of the molecule is N#Cc1cc(Sc2ccccc2)ccc1Oc1cc(CC(N)=O)cc(C(F)(F)F)c1.